The predicted octanol–water partition coefficient (Wildman–Crippen LogP) is 4.69. The molecule has 2 atom stereocenters. The molecule has 3 heteroatoms. The van der Waals surface area contributed by atoms with E-state index in [4.69, 9.17) is 23.2 Å². The summed E-state index contributed by atoms with van der Waals surface area (Å²) in [5.41, 5.74) is 1.12. The Morgan fingerprint density at radius 1 is 1.29 bits per heavy atom. The van der Waals surface area contributed by atoms with Gasteiger partial charge in [0.2, 0.25) is 0 Å². The van der Waals surface area contributed by atoms with Gasteiger partial charge in [0.05, 0.1) is 0 Å². The van der Waals surface area contributed by atoms with Crippen molar-refractivity contribution in [1.82, 2.24) is 5.32 Å². The van der Waals surface area contributed by atoms with Crippen LogP contribution in [0.15, 0.2) is 18.2 Å². The monoisotopic (exact) mass is 271 g/mol. The average molecular weight is 272 g/mol. The second kappa shape index (κ2) is 5.60. The molecule has 1 nitrogen and oxygen atoms in total. The van der Waals surface area contributed by atoms with Crippen LogP contribution in [0.4, 0.5) is 0 Å². The molecule has 0 heterocycles. The second-order valence-corrected chi connectivity index (χ2v) is 5.95. The maximum atomic E-state index is 6.19. The number of hydrogen-bond donors (Lipinski definition) is 1. The van der Waals surface area contributed by atoms with Gasteiger partial charge in [-0.25, -0.2) is 0 Å². The van der Waals surface area contributed by atoms with Crippen LogP contribution in [-0.2, 0) is 0 Å². The molecule has 1 saturated carbocycles. The molecule has 0 aliphatic heterocycles. The van der Waals surface area contributed by atoms with Gasteiger partial charge in [-0.2, -0.15) is 0 Å². The smallest absolute Gasteiger partial charge is 0.0468 e. The largest absolute Gasteiger partial charge is 0.310 e. The Labute approximate surface area is 114 Å². The number of rotatable bonds is 5. The van der Waals surface area contributed by atoms with Gasteiger partial charge in [0.1, 0.15) is 0 Å². The third-order valence-electron chi connectivity index (χ3n) is 3.60. The molecule has 2 rings (SSSR count). The van der Waals surface area contributed by atoms with Crippen molar-refractivity contribution in [3.63, 3.8) is 0 Å². The van der Waals surface area contributed by atoms with E-state index in [9.17, 15) is 0 Å². The van der Waals surface area contributed by atoms with Gasteiger partial charge in [-0.1, -0.05) is 36.2 Å². The fourth-order valence-corrected chi connectivity index (χ4v) is 2.73. The van der Waals surface area contributed by atoms with Crippen LogP contribution < -0.4 is 5.32 Å². The minimum absolute atomic E-state index is 0.279. The normalized spacial score (nSPS) is 19.1. The summed E-state index contributed by atoms with van der Waals surface area (Å²) in [5.74, 6) is 1.71. The van der Waals surface area contributed by atoms with Crippen LogP contribution in [0.3, 0.4) is 0 Å². The molecule has 94 valence electrons. The third kappa shape index (κ3) is 3.61. The first kappa shape index (κ1) is 13.2. The zero-order chi connectivity index (χ0) is 12.4. The standard InChI is InChI=1S/C14H19Cl2N/c1-9(11-3-4-11)8-17-10(2)13-6-5-12(15)7-14(13)16/h5-7,9-11,17H,3-4,8H2,1-2H3. The molecule has 1 aromatic rings. The lowest BCUT2D eigenvalue weighted by Crippen LogP contribution is -2.25. The summed E-state index contributed by atoms with van der Waals surface area (Å²) in [6.45, 7) is 5.53. The van der Waals surface area contributed by atoms with E-state index in [1.165, 1.54) is 12.8 Å². The molecule has 0 amide bonds. The Kier molecular flexibility index (Phi) is 4.35. The molecular formula is C14H19Cl2N. The minimum Gasteiger partial charge on any atom is -0.310 e. The fourth-order valence-electron chi connectivity index (χ4n) is 2.16. The van der Waals surface area contributed by atoms with Gasteiger partial charge >= 0.3 is 0 Å². The Bertz CT molecular complexity index is 388. The molecule has 0 radical (unpaired) electrons. The zero-order valence-electron chi connectivity index (χ0n) is 10.3. The predicted molar refractivity (Wildman–Crippen MR) is 74.8 cm³/mol. The van der Waals surface area contributed by atoms with Crippen LogP contribution in [0.25, 0.3) is 0 Å². The van der Waals surface area contributed by atoms with Crippen molar-refractivity contribution in [3.05, 3.63) is 33.8 Å². The Morgan fingerprint density at radius 2 is 2.00 bits per heavy atom. The summed E-state index contributed by atoms with van der Waals surface area (Å²) in [6.07, 6.45) is 2.80. The van der Waals surface area contributed by atoms with E-state index in [0.29, 0.717) is 5.02 Å². The van der Waals surface area contributed by atoms with Crippen LogP contribution in [-0.4, -0.2) is 6.54 Å². The molecular weight excluding hydrogens is 253 g/mol. The SMILES string of the molecule is CC(NCC(C)C1CC1)c1ccc(Cl)cc1Cl. The van der Waals surface area contributed by atoms with Crippen molar-refractivity contribution >= 4 is 23.2 Å². The highest BCUT2D eigenvalue weighted by Crippen LogP contribution is 2.36. The Balaban J connectivity index is 1.91. The number of benzene rings is 1. The van der Waals surface area contributed by atoms with Crippen LogP contribution in [0, 0.1) is 11.8 Å². The molecule has 0 bridgehead atoms. The molecule has 17 heavy (non-hydrogen) atoms. The van der Waals surface area contributed by atoms with Crippen molar-refractivity contribution in [1.29, 1.82) is 0 Å². The summed E-state index contributed by atoms with van der Waals surface area (Å²) >= 11 is 12.1. The number of nitrogens with one attached hydrogen (secondary N) is 1. The molecule has 1 fully saturated rings. The van der Waals surface area contributed by atoms with Crippen molar-refractivity contribution in [3.8, 4) is 0 Å². The van der Waals surface area contributed by atoms with Gasteiger partial charge in [0.15, 0.2) is 0 Å². The van der Waals surface area contributed by atoms with Gasteiger partial charge in [0.25, 0.3) is 0 Å². The lowest BCUT2D eigenvalue weighted by Gasteiger charge is -2.19. The van der Waals surface area contributed by atoms with Crippen molar-refractivity contribution in [2.45, 2.75) is 32.7 Å². The van der Waals surface area contributed by atoms with Crippen LogP contribution in [0.5, 0.6) is 0 Å². The first-order valence-electron chi connectivity index (χ1n) is 6.26. The summed E-state index contributed by atoms with van der Waals surface area (Å²) in [6, 6.07) is 5.98. The molecule has 0 spiro atoms. The summed E-state index contributed by atoms with van der Waals surface area (Å²) in [4.78, 5) is 0. The van der Waals surface area contributed by atoms with Gasteiger partial charge in [-0.05, 0) is 55.8 Å². The molecule has 1 N–H and O–H groups in total. The maximum absolute atomic E-state index is 6.19. The van der Waals surface area contributed by atoms with Crippen molar-refractivity contribution in [2.24, 2.45) is 11.8 Å². The van der Waals surface area contributed by atoms with E-state index in [1.807, 2.05) is 12.1 Å². The lowest BCUT2D eigenvalue weighted by atomic mass is 10.0. The quantitative estimate of drug-likeness (QED) is 0.819. The van der Waals surface area contributed by atoms with E-state index in [1.54, 1.807) is 6.07 Å². The van der Waals surface area contributed by atoms with Crippen molar-refractivity contribution < 1.29 is 0 Å². The Morgan fingerprint density at radius 3 is 2.59 bits per heavy atom. The summed E-state index contributed by atoms with van der Waals surface area (Å²) < 4.78 is 0. The second-order valence-electron chi connectivity index (χ2n) is 5.11. The highest BCUT2D eigenvalue weighted by molar-refractivity contribution is 6.35. The summed E-state index contributed by atoms with van der Waals surface area (Å²) in [5, 5.41) is 4.99. The highest BCUT2D eigenvalue weighted by atomic mass is 35.5. The van der Waals surface area contributed by atoms with Gasteiger partial charge in [-0.3, -0.25) is 0 Å². The Hall–Kier alpha value is -0.240. The minimum atomic E-state index is 0.279. The maximum Gasteiger partial charge on any atom is 0.0468 e. The van der Waals surface area contributed by atoms with Gasteiger partial charge in [0, 0.05) is 16.1 Å². The third-order valence-corrected chi connectivity index (χ3v) is 4.16. The molecule has 1 aliphatic carbocycles. The lowest BCUT2D eigenvalue weighted by molar-refractivity contribution is 0.432. The average Bonchev–Trinajstić information content (AvgIpc) is 3.09. The van der Waals surface area contributed by atoms with E-state index in [0.717, 1.165) is 29.0 Å². The zero-order valence-corrected chi connectivity index (χ0v) is 11.9. The van der Waals surface area contributed by atoms with Crippen LogP contribution >= 0.6 is 23.2 Å². The first-order valence-corrected chi connectivity index (χ1v) is 7.02. The van der Waals surface area contributed by atoms with E-state index < -0.39 is 0 Å². The van der Waals surface area contributed by atoms with E-state index in [2.05, 4.69) is 19.2 Å². The molecule has 0 aromatic heterocycles. The van der Waals surface area contributed by atoms with Gasteiger partial charge in [-0.15, -0.1) is 0 Å². The molecule has 1 aliphatic rings. The van der Waals surface area contributed by atoms with Crippen LogP contribution in [0.1, 0.15) is 38.3 Å². The molecule has 2 unspecified atom stereocenters. The number of hydrogen-bond acceptors (Lipinski definition) is 1. The first-order chi connectivity index (χ1) is 8.08. The number of halogens is 2. The molecule has 1 aromatic carbocycles. The fraction of sp³-hybridized carbons (Fsp3) is 0.571. The van der Waals surface area contributed by atoms with Gasteiger partial charge < -0.3 is 5.32 Å². The molecule has 0 saturated heterocycles. The van der Waals surface area contributed by atoms with E-state index >= 15 is 0 Å². The van der Waals surface area contributed by atoms with E-state index in [-0.39, 0.29) is 6.04 Å². The van der Waals surface area contributed by atoms with Crippen molar-refractivity contribution in [2.75, 3.05) is 6.54 Å². The summed E-state index contributed by atoms with van der Waals surface area (Å²) in [7, 11) is 0. The topological polar surface area (TPSA) is 12.0 Å². The highest BCUT2D eigenvalue weighted by Gasteiger charge is 2.27. The van der Waals surface area contributed by atoms with Crippen LogP contribution in [0.2, 0.25) is 10.0 Å².